The summed E-state index contributed by atoms with van der Waals surface area (Å²) >= 11 is 6.02. The summed E-state index contributed by atoms with van der Waals surface area (Å²) in [7, 11) is 0. The number of nitrogens with two attached hydrogens (primary N) is 1. The van der Waals surface area contributed by atoms with Crippen molar-refractivity contribution in [3.8, 4) is 17.2 Å². The van der Waals surface area contributed by atoms with Gasteiger partial charge in [0, 0.05) is 11.8 Å². The number of ether oxygens (including phenoxy) is 3. The van der Waals surface area contributed by atoms with Gasteiger partial charge in [0.1, 0.15) is 19.0 Å². The van der Waals surface area contributed by atoms with E-state index in [1.807, 2.05) is 31.2 Å². The molecule has 5 heteroatoms. The van der Waals surface area contributed by atoms with Crippen LogP contribution in [0, 0.1) is 0 Å². The van der Waals surface area contributed by atoms with E-state index in [9.17, 15) is 0 Å². The summed E-state index contributed by atoms with van der Waals surface area (Å²) in [5, 5.41) is 0.527. The molecule has 21 heavy (non-hydrogen) atoms. The van der Waals surface area contributed by atoms with Gasteiger partial charge < -0.3 is 19.9 Å². The highest BCUT2D eigenvalue weighted by Crippen LogP contribution is 2.28. The Labute approximate surface area is 129 Å². The van der Waals surface area contributed by atoms with Crippen LogP contribution in [0.5, 0.6) is 17.2 Å². The summed E-state index contributed by atoms with van der Waals surface area (Å²) in [6.45, 7) is 3.27. The van der Waals surface area contributed by atoms with Crippen molar-refractivity contribution in [3.05, 3.63) is 47.5 Å². The van der Waals surface area contributed by atoms with E-state index in [2.05, 4.69) is 0 Å². The van der Waals surface area contributed by atoms with Gasteiger partial charge >= 0.3 is 0 Å². The molecule has 0 aliphatic carbocycles. The van der Waals surface area contributed by atoms with Gasteiger partial charge in [-0.1, -0.05) is 23.7 Å². The van der Waals surface area contributed by atoms with Gasteiger partial charge in [0.15, 0.2) is 11.5 Å². The quantitative estimate of drug-likeness (QED) is 0.625. The van der Waals surface area contributed by atoms with E-state index in [4.69, 9.17) is 31.5 Å². The van der Waals surface area contributed by atoms with Gasteiger partial charge in [-0.05, 0) is 31.2 Å². The monoisotopic (exact) mass is 307 g/mol. The van der Waals surface area contributed by atoms with E-state index in [0.29, 0.717) is 42.0 Å². The molecule has 0 radical (unpaired) electrons. The van der Waals surface area contributed by atoms with E-state index >= 15 is 0 Å². The Kier molecular flexibility index (Phi) is 5.58. The van der Waals surface area contributed by atoms with Crippen LogP contribution in [0.25, 0.3) is 0 Å². The van der Waals surface area contributed by atoms with Crippen LogP contribution in [-0.2, 0) is 0 Å². The van der Waals surface area contributed by atoms with E-state index in [1.54, 1.807) is 18.2 Å². The largest absolute Gasteiger partial charge is 0.490 e. The Morgan fingerprint density at radius 3 is 2.19 bits per heavy atom. The highest BCUT2D eigenvalue weighted by atomic mass is 35.5. The zero-order valence-corrected chi connectivity index (χ0v) is 12.6. The predicted molar refractivity (Wildman–Crippen MR) is 84.5 cm³/mol. The van der Waals surface area contributed by atoms with Crippen molar-refractivity contribution in [1.82, 2.24) is 0 Å². The van der Waals surface area contributed by atoms with E-state index < -0.39 is 0 Å². The Bertz CT molecular complexity index is 589. The normalized spacial score (nSPS) is 10.2. The number of para-hydroxylation sites is 2. The molecule has 0 saturated heterocycles. The number of rotatable bonds is 7. The summed E-state index contributed by atoms with van der Waals surface area (Å²) < 4.78 is 16.7. The molecule has 0 fully saturated rings. The Morgan fingerprint density at radius 2 is 1.52 bits per heavy atom. The maximum atomic E-state index is 6.02. The van der Waals surface area contributed by atoms with E-state index in [0.717, 1.165) is 5.75 Å². The third kappa shape index (κ3) is 4.46. The average Bonchev–Trinajstić information content (AvgIpc) is 2.49. The molecule has 0 saturated carbocycles. The molecule has 2 aromatic rings. The molecule has 0 atom stereocenters. The van der Waals surface area contributed by atoms with Crippen LogP contribution in [0.2, 0.25) is 5.02 Å². The molecule has 4 nitrogen and oxygen atoms in total. The maximum Gasteiger partial charge on any atom is 0.161 e. The first-order valence-corrected chi connectivity index (χ1v) is 7.11. The van der Waals surface area contributed by atoms with Crippen molar-refractivity contribution in [2.45, 2.75) is 6.92 Å². The SMILES string of the molecule is CCOc1ccccc1OCCOc1cc(N)ccc1Cl. The van der Waals surface area contributed by atoms with Crippen LogP contribution >= 0.6 is 11.6 Å². The molecular formula is C16H18ClNO3. The molecule has 0 aromatic heterocycles. The highest BCUT2D eigenvalue weighted by Gasteiger charge is 2.05. The van der Waals surface area contributed by atoms with Crippen LogP contribution in [0.1, 0.15) is 6.92 Å². The minimum Gasteiger partial charge on any atom is -0.490 e. The van der Waals surface area contributed by atoms with Crippen LogP contribution in [0.3, 0.4) is 0 Å². The molecule has 0 aliphatic rings. The molecule has 2 rings (SSSR count). The van der Waals surface area contributed by atoms with Crippen molar-refractivity contribution >= 4 is 17.3 Å². The minimum absolute atomic E-state index is 0.365. The van der Waals surface area contributed by atoms with Crippen molar-refractivity contribution in [1.29, 1.82) is 0 Å². The third-order valence-electron chi connectivity index (χ3n) is 2.70. The topological polar surface area (TPSA) is 53.7 Å². The fourth-order valence-electron chi connectivity index (χ4n) is 1.78. The first-order valence-electron chi connectivity index (χ1n) is 6.73. The van der Waals surface area contributed by atoms with Gasteiger partial charge in [0.2, 0.25) is 0 Å². The van der Waals surface area contributed by atoms with Crippen LogP contribution in [-0.4, -0.2) is 19.8 Å². The lowest BCUT2D eigenvalue weighted by atomic mass is 10.3. The van der Waals surface area contributed by atoms with Gasteiger partial charge in [-0.25, -0.2) is 0 Å². The molecule has 112 valence electrons. The lowest BCUT2D eigenvalue weighted by Gasteiger charge is -2.12. The molecule has 0 heterocycles. The molecule has 0 amide bonds. The van der Waals surface area contributed by atoms with Gasteiger partial charge in [-0.2, -0.15) is 0 Å². The second-order valence-corrected chi connectivity index (χ2v) is 4.67. The van der Waals surface area contributed by atoms with Crippen molar-refractivity contribution in [3.63, 3.8) is 0 Å². The number of anilines is 1. The lowest BCUT2D eigenvalue weighted by molar-refractivity contribution is 0.208. The lowest BCUT2D eigenvalue weighted by Crippen LogP contribution is -2.10. The minimum atomic E-state index is 0.365. The Balaban J connectivity index is 1.86. The smallest absolute Gasteiger partial charge is 0.161 e. The Hall–Kier alpha value is -2.07. The fourth-order valence-corrected chi connectivity index (χ4v) is 1.95. The van der Waals surface area contributed by atoms with E-state index in [-0.39, 0.29) is 0 Å². The van der Waals surface area contributed by atoms with Gasteiger partial charge in [0.05, 0.1) is 11.6 Å². The fraction of sp³-hybridized carbons (Fsp3) is 0.250. The van der Waals surface area contributed by atoms with Crippen molar-refractivity contribution in [2.24, 2.45) is 0 Å². The first-order chi connectivity index (χ1) is 10.2. The van der Waals surface area contributed by atoms with Crippen molar-refractivity contribution < 1.29 is 14.2 Å². The second kappa shape index (κ2) is 7.64. The average molecular weight is 308 g/mol. The highest BCUT2D eigenvalue weighted by molar-refractivity contribution is 6.32. The molecule has 0 bridgehead atoms. The zero-order chi connectivity index (χ0) is 15.1. The molecule has 0 aliphatic heterocycles. The van der Waals surface area contributed by atoms with Crippen LogP contribution < -0.4 is 19.9 Å². The van der Waals surface area contributed by atoms with Crippen LogP contribution in [0.15, 0.2) is 42.5 Å². The zero-order valence-electron chi connectivity index (χ0n) is 11.8. The first kappa shape index (κ1) is 15.3. The number of benzene rings is 2. The van der Waals surface area contributed by atoms with Gasteiger partial charge in [-0.3, -0.25) is 0 Å². The predicted octanol–water partition coefficient (Wildman–Crippen LogP) is 3.78. The van der Waals surface area contributed by atoms with Gasteiger partial charge in [-0.15, -0.1) is 0 Å². The molecule has 2 N–H and O–H groups in total. The summed E-state index contributed by atoms with van der Waals surface area (Å²) in [5.74, 6) is 1.97. The number of nitrogen functional groups attached to an aromatic ring is 1. The third-order valence-corrected chi connectivity index (χ3v) is 3.01. The van der Waals surface area contributed by atoms with E-state index in [1.165, 1.54) is 0 Å². The van der Waals surface area contributed by atoms with Crippen LogP contribution in [0.4, 0.5) is 5.69 Å². The molecule has 0 unspecified atom stereocenters. The molecular weight excluding hydrogens is 290 g/mol. The maximum absolute atomic E-state index is 6.02. The number of hydrogen-bond acceptors (Lipinski definition) is 4. The van der Waals surface area contributed by atoms with Gasteiger partial charge in [0.25, 0.3) is 0 Å². The Morgan fingerprint density at radius 1 is 0.905 bits per heavy atom. The summed E-state index contributed by atoms with van der Waals surface area (Å²) in [6.07, 6.45) is 0. The summed E-state index contributed by atoms with van der Waals surface area (Å²) in [5.41, 5.74) is 6.30. The molecule has 0 spiro atoms. The standard InChI is InChI=1S/C16H18ClNO3/c1-2-19-14-5-3-4-6-15(14)20-9-10-21-16-11-12(18)7-8-13(16)17/h3-8,11H,2,9-10,18H2,1H3. The summed E-state index contributed by atoms with van der Waals surface area (Å²) in [4.78, 5) is 0. The second-order valence-electron chi connectivity index (χ2n) is 4.27. The summed E-state index contributed by atoms with van der Waals surface area (Å²) in [6, 6.07) is 12.7. The number of hydrogen-bond donors (Lipinski definition) is 1. The van der Waals surface area contributed by atoms with Crippen molar-refractivity contribution in [2.75, 3.05) is 25.6 Å². The number of halogens is 1. The molecule has 2 aromatic carbocycles.